The van der Waals surface area contributed by atoms with Crippen LogP contribution in [0.15, 0.2) is 0 Å². The van der Waals surface area contributed by atoms with E-state index in [1.807, 2.05) is 13.8 Å². The molecule has 100 valence electrons. The molecule has 1 aliphatic heterocycles. The average molecular weight is 272 g/mol. The van der Waals surface area contributed by atoms with Crippen LogP contribution in [0.1, 0.15) is 20.3 Å². The van der Waals surface area contributed by atoms with E-state index in [1.54, 1.807) is 0 Å². The van der Waals surface area contributed by atoms with E-state index in [1.165, 1.54) is 14.2 Å². The third-order valence-corrected chi connectivity index (χ3v) is 3.12. The van der Waals surface area contributed by atoms with Crippen molar-refractivity contribution in [2.75, 3.05) is 20.8 Å². The van der Waals surface area contributed by atoms with Crippen LogP contribution in [0.2, 0.25) is 0 Å². The van der Waals surface area contributed by atoms with E-state index in [-0.39, 0.29) is 6.10 Å². The molecular formula is C10H19B2O5P. The molecule has 8 heteroatoms. The van der Waals surface area contributed by atoms with Gasteiger partial charge in [-0.25, -0.2) is 0 Å². The van der Waals surface area contributed by atoms with Gasteiger partial charge in [-0.05, 0) is 0 Å². The second-order valence-corrected chi connectivity index (χ2v) is 5.39. The van der Waals surface area contributed by atoms with Gasteiger partial charge in [0.05, 0.1) is 0 Å². The van der Waals surface area contributed by atoms with Crippen LogP contribution in [0.25, 0.3) is 0 Å². The van der Waals surface area contributed by atoms with Crippen molar-refractivity contribution in [1.29, 1.82) is 0 Å². The topological polar surface area (TPSA) is 46.2 Å². The molecule has 1 unspecified atom stereocenters. The van der Waals surface area contributed by atoms with Crippen LogP contribution < -0.4 is 0 Å². The fraction of sp³-hybridized carbons (Fsp3) is 1.00. The second kappa shape index (κ2) is 7.13. The van der Waals surface area contributed by atoms with Gasteiger partial charge in [0, 0.05) is 0 Å². The van der Waals surface area contributed by atoms with Crippen molar-refractivity contribution >= 4 is 21.9 Å². The molecule has 1 heterocycles. The average Bonchev–Trinajstić information content (AvgIpc) is 2.27. The molecule has 0 aromatic heterocycles. The summed E-state index contributed by atoms with van der Waals surface area (Å²) >= 11 is 0. The van der Waals surface area contributed by atoms with E-state index >= 15 is 0 Å². The molecule has 0 N–H and O–H groups in total. The minimum absolute atomic E-state index is 0.240. The Hall–Kier alpha value is 0.230. The Bertz CT molecular complexity index is 326. The van der Waals surface area contributed by atoms with Crippen LogP contribution in [0.3, 0.4) is 0 Å². The van der Waals surface area contributed by atoms with Crippen molar-refractivity contribution in [2.24, 2.45) is 0 Å². The fourth-order valence-electron chi connectivity index (χ4n) is 1.91. The zero-order valence-corrected chi connectivity index (χ0v) is 12.2. The minimum atomic E-state index is -1.52. The predicted molar refractivity (Wildman–Crippen MR) is 70.6 cm³/mol. The van der Waals surface area contributed by atoms with Crippen LogP contribution in [0.4, 0.5) is 0 Å². The van der Waals surface area contributed by atoms with E-state index in [0.29, 0.717) is 13.0 Å². The first-order valence-electron chi connectivity index (χ1n) is 5.73. The van der Waals surface area contributed by atoms with Crippen LogP contribution >= 0.6 is 7.34 Å². The molecule has 0 amide bonds. The summed E-state index contributed by atoms with van der Waals surface area (Å²) in [4.78, 5) is 0. The number of hydrogen-bond donors (Lipinski definition) is 0. The van der Waals surface area contributed by atoms with E-state index < -0.39 is 25.5 Å². The first-order valence-corrected chi connectivity index (χ1v) is 7.13. The Balaban J connectivity index is 2.79. The summed E-state index contributed by atoms with van der Waals surface area (Å²) < 4.78 is 27.2. The van der Waals surface area contributed by atoms with E-state index in [9.17, 15) is 0 Å². The van der Waals surface area contributed by atoms with Gasteiger partial charge in [-0.15, -0.1) is 0 Å². The molecule has 2 radical (unpaired) electrons. The van der Waals surface area contributed by atoms with Crippen molar-refractivity contribution in [3.05, 3.63) is 0 Å². The van der Waals surface area contributed by atoms with Crippen molar-refractivity contribution in [2.45, 2.75) is 44.6 Å². The Kier molecular flexibility index (Phi) is 6.45. The Morgan fingerprint density at radius 1 is 1.33 bits per heavy atom. The van der Waals surface area contributed by atoms with Gasteiger partial charge in [-0.1, -0.05) is 0 Å². The van der Waals surface area contributed by atoms with Crippen LogP contribution in [0.5, 0.6) is 0 Å². The summed E-state index contributed by atoms with van der Waals surface area (Å²) in [5, 5.41) is 0. The van der Waals surface area contributed by atoms with E-state index in [4.69, 9.17) is 38.0 Å². The monoisotopic (exact) mass is 272 g/mol. The summed E-state index contributed by atoms with van der Waals surface area (Å²) in [6.45, 7) is 4.27. The molecule has 0 aromatic carbocycles. The molecule has 0 bridgehead atoms. The molecule has 1 aliphatic rings. The normalized spacial score (nSPS) is 26.2. The van der Waals surface area contributed by atoms with Gasteiger partial charge in [0.25, 0.3) is 0 Å². The molecule has 0 spiro atoms. The first-order chi connectivity index (χ1) is 8.39. The summed E-state index contributed by atoms with van der Waals surface area (Å²) in [5.41, 5.74) is 0. The predicted octanol–water partition coefficient (Wildman–Crippen LogP) is 1.10. The zero-order chi connectivity index (χ0) is 13.8. The molecule has 0 aromatic rings. The molecule has 1 fully saturated rings. The molecule has 18 heavy (non-hydrogen) atoms. The molecule has 0 saturated carbocycles. The Labute approximate surface area is 111 Å². The van der Waals surface area contributed by atoms with Crippen LogP contribution in [0, 0.1) is 0 Å². The maximum atomic E-state index is 5.81. The van der Waals surface area contributed by atoms with Gasteiger partial charge in [-0.3, -0.25) is 0 Å². The molecule has 1 rings (SSSR count). The van der Waals surface area contributed by atoms with Crippen molar-refractivity contribution in [1.82, 2.24) is 0 Å². The summed E-state index contributed by atoms with van der Waals surface area (Å²) in [5.74, 6) is -0.664. The van der Waals surface area contributed by atoms with Crippen molar-refractivity contribution in [3.63, 3.8) is 0 Å². The first kappa shape index (κ1) is 16.3. The molecule has 1 saturated heterocycles. The van der Waals surface area contributed by atoms with E-state index in [2.05, 4.69) is 0 Å². The van der Waals surface area contributed by atoms with E-state index in [0.717, 1.165) is 0 Å². The van der Waals surface area contributed by atoms with Gasteiger partial charge < -0.3 is 0 Å². The van der Waals surface area contributed by atoms with Gasteiger partial charge in [-0.2, -0.15) is 0 Å². The maximum absolute atomic E-state index is 5.81. The number of ether oxygens (including phenoxy) is 4. The zero-order valence-electron chi connectivity index (χ0n) is 11.3. The Morgan fingerprint density at radius 3 is 2.39 bits per heavy atom. The number of rotatable bonds is 5. The molecule has 3 atom stereocenters. The van der Waals surface area contributed by atoms with Crippen LogP contribution in [-0.2, 0) is 23.5 Å². The number of methoxy groups -OCH3 is 2. The molecule has 5 nitrogen and oxygen atoms in total. The van der Waals surface area contributed by atoms with Crippen molar-refractivity contribution in [3.8, 4) is 0 Å². The Morgan fingerprint density at radius 2 is 1.94 bits per heavy atom. The molecule has 0 aliphatic carbocycles. The van der Waals surface area contributed by atoms with Gasteiger partial charge in [0.2, 0.25) is 0 Å². The molecular weight excluding hydrogens is 253 g/mol. The van der Waals surface area contributed by atoms with Gasteiger partial charge in [0.15, 0.2) is 0 Å². The fourth-order valence-corrected chi connectivity index (χ4v) is 2.42. The quantitative estimate of drug-likeness (QED) is 0.426. The summed E-state index contributed by atoms with van der Waals surface area (Å²) in [7, 11) is 12.6. The summed E-state index contributed by atoms with van der Waals surface area (Å²) in [6.07, 6.45) is -0.637. The second-order valence-electron chi connectivity index (χ2n) is 4.46. The van der Waals surface area contributed by atoms with Crippen LogP contribution in [-0.4, -0.2) is 59.7 Å². The van der Waals surface area contributed by atoms with Gasteiger partial charge in [0.1, 0.15) is 0 Å². The van der Waals surface area contributed by atoms with Crippen molar-refractivity contribution < 1.29 is 23.5 Å². The van der Waals surface area contributed by atoms with Gasteiger partial charge >= 0.3 is 111 Å². The number of hydrogen-bond acceptors (Lipinski definition) is 5. The SMILES string of the molecule is [B]P(#B)O[C@@H](C(OC)OC)[C@H]1CCOC(C)(C)O1. The third kappa shape index (κ3) is 4.72. The standard InChI is InChI=1S/C10H19B2O5P/c1-10(2)15-6-5-7(16-10)8(17-18(11)12)9(13-3)14-4/h7-9H,5-6H2,1-4H3/t7-,8-/m1/s1. The third-order valence-electron chi connectivity index (χ3n) is 2.63. The summed E-state index contributed by atoms with van der Waals surface area (Å²) in [6, 6.07) is 0.